The van der Waals surface area contributed by atoms with Gasteiger partial charge in [0.15, 0.2) is 0 Å². The SMILES string of the molecule is Cc1cccc(CCC(C)Nc2ccc(F)cc2Br)c1. The number of rotatable bonds is 5. The minimum Gasteiger partial charge on any atom is -0.382 e. The van der Waals surface area contributed by atoms with E-state index in [2.05, 4.69) is 59.4 Å². The largest absolute Gasteiger partial charge is 0.382 e. The van der Waals surface area contributed by atoms with E-state index in [1.807, 2.05) is 0 Å². The van der Waals surface area contributed by atoms with E-state index in [9.17, 15) is 4.39 Å². The summed E-state index contributed by atoms with van der Waals surface area (Å²) >= 11 is 3.38. The highest BCUT2D eigenvalue weighted by atomic mass is 79.9. The molecule has 0 aromatic heterocycles. The normalized spacial score (nSPS) is 12.2. The lowest BCUT2D eigenvalue weighted by Crippen LogP contribution is -2.16. The number of anilines is 1. The first-order valence-electron chi connectivity index (χ1n) is 6.82. The average Bonchev–Trinajstić information content (AvgIpc) is 2.40. The van der Waals surface area contributed by atoms with Crippen molar-refractivity contribution in [2.75, 3.05) is 5.32 Å². The van der Waals surface area contributed by atoms with Crippen molar-refractivity contribution in [3.8, 4) is 0 Å². The Bertz CT molecular complexity index is 583. The lowest BCUT2D eigenvalue weighted by molar-refractivity contribution is 0.626. The molecule has 0 aliphatic rings. The number of hydrogen-bond acceptors (Lipinski definition) is 1. The maximum atomic E-state index is 13.0. The van der Waals surface area contributed by atoms with Crippen LogP contribution in [0.5, 0.6) is 0 Å². The molecule has 0 aliphatic carbocycles. The van der Waals surface area contributed by atoms with Gasteiger partial charge in [0, 0.05) is 16.2 Å². The molecule has 0 heterocycles. The fourth-order valence-corrected chi connectivity index (χ4v) is 2.66. The van der Waals surface area contributed by atoms with Gasteiger partial charge in [-0.15, -0.1) is 0 Å². The van der Waals surface area contributed by atoms with Crippen LogP contribution in [0.15, 0.2) is 46.9 Å². The van der Waals surface area contributed by atoms with E-state index in [4.69, 9.17) is 0 Å². The second-order valence-electron chi connectivity index (χ2n) is 5.20. The van der Waals surface area contributed by atoms with Gasteiger partial charge in [0.25, 0.3) is 0 Å². The summed E-state index contributed by atoms with van der Waals surface area (Å²) in [7, 11) is 0. The van der Waals surface area contributed by atoms with Gasteiger partial charge in [0.2, 0.25) is 0 Å². The lowest BCUT2D eigenvalue weighted by Gasteiger charge is -2.16. The molecule has 20 heavy (non-hydrogen) atoms. The molecule has 106 valence electrons. The highest BCUT2D eigenvalue weighted by Crippen LogP contribution is 2.24. The molecule has 2 aromatic rings. The van der Waals surface area contributed by atoms with E-state index in [1.54, 1.807) is 6.07 Å². The summed E-state index contributed by atoms with van der Waals surface area (Å²) in [5.74, 6) is -0.227. The summed E-state index contributed by atoms with van der Waals surface area (Å²) in [6.07, 6.45) is 2.07. The van der Waals surface area contributed by atoms with Crippen LogP contribution in [0.1, 0.15) is 24.5 Å². The summed E-state index contributed by atoms with van der Waals surface area (Å²) in [6.45, 7) is 4.26. The molecule has 2 aromatic carbocycles. The standard InChI is InChI=1S/C17H19BrFN/c1-12-4-3-5-14(10-12)7-6-13(2)20-17-9-8-15(19)11-16(17)18/h3-5,8-11,13,20H,6-7H2,1-2H3. The molecular formula is C17H19BrFN. The summed E-state index contributed by atoms with van der Waals surface area (Å²) < 4.78 is 13.8. The summed E-state index contributed by atoms with van der Waals surface area (Å²) in [4.78, 5) is 0. The molecule has 0 saturated carbocycles. The third kappa shape index (κ3) is 4.34. The van der Waals surface area contributed by atoms with Gasteiger partial charge in [0.05, 0.1) is 0 Å². The molecule has 1 unspecified atom stereocenters. The number of benzene rings is 2. The van der Waals surface area contributed by atoms with Gasteiger partial charge in [0.1, 0.15) is 5.82 Å². The number of nitrogens with one attached hydrogen (secondary N) is 1. The summed E-state index contributed by atoms with van der Waals surface area (Å²) in [5.41, 5.74) is 3.59. The van der Waals surface area contributed by atoms with Crippen LogP contribution in [0.4, 0.5) is 10.1 Å². The zero-order valence-corrected chi connectivity index (χ0v) is 13.4. The molecule has 0 bridgehead atoms. The van der Waals surface area contributed by atoms with Gasteiger partial charge in [-0.05, 0) is 66.4 Å². The lowest BCUT2D eigenvalue weighted by atomic mass is 10.0. The van der Waals surface area contributed by atoms with Crippen molar-refractivity contribution >= 4 is 21.6 Å². The van der Waals surface area contributed by atoms with Crippen molar-refractivity contribution < 1.29 is 4.39 Å². The zero-order chi connectivity index (χ0) is 14.5. The molecule has 0 radical (unpaired) electrons. The highest BCUT2D eigenvalue weighted by molar-refractivity contribution is 9.10. The van der Waals surface area contributed by atoms with E-state index in [-0.39, 0.29) is 5.82 Å². The van der Waals surface area contributed by atoms with Crippen molar-refractivity contribution in [3.63, 3.8) is 0 Å². The minimum absolute atomic E-state index is 0.227. The van der Waals surface area contributed by atoms with Gasteiger partial charge >= 0.3 is 0 Å². The van der Waals surface area contributed by atoms with E-state index in [0.717, 1.165) is 23.0 Å². The van der Waals surface area contributed by atoms with E-state index in [0.29, 0.717) is 6.04 Å². The van der Waals surface area contributed by atoms with Gasteiger partial charge in [-0.1, -0.05) is 29.8 Å². The predicted molar refractivity (Wildman–Crippen MR) is 86.7 cm³/mol. The first-order valence-corrected chi connectivity index (χ1v) is 7.61. The molecule has 2 rings (SSSR count). The first kappa shape index (κ1) is 15.0. The van der Waals surface area contributed by atoms with E-state index >= 15 is 0 Å². The van der Waals surface area contributed by atoms with Crippen molar-refractivity contribution in [2.24, 2.45) is 0 Å². The number of halogens is 2. The third-order valence-corrected chi connectivity index (χ3v) is 3.94. The minimum atomic E-state index is -0.227. The Balaban J connectivity index is 1.90. The Hall–Kier alpha value is -1.35. The summed E-state index contributed by atoms with van der Waals surface area (Å²) in [5, 5.41) is 3.41. The van der Waals surface area contributed by atoms with Gasteiger partial charge in [-0.25, -0.2) is 4.39 Å². The predicted octanol–water partition coefficient (Wildman–Crippen LogP) is 5.33. The Morgan fingerprint density at radius 2 is 2.00 bits per heavy atom. The molecule has 1 nitrogen and oxygen atoms in total. The topological polar surface area (TPSA) is 12.0 Å². The van der Waals surface area contributed by atoms with Crippen molar-refractivity contribution in [1.29, 1.82) is 0 Å². The molecule has 1 atom stereocenters. The zero-order valence-electron chi connectivity index (χ0n) is 11.8. The Labute approximate surface area is 128 Å². The van der Waals surface area contributed by atoms with Gasteiger partial charge in [-0.2, -0.15) is 0 Å². The van der Waals surface area contributed by atoms with Crippen LogP contribution < -0.4 is 5.32 Å². The highest BCUT2D eigenvalue weighted by Gasteiger charge is 2.06. The third-order valence-electron chi connectivity index (χ3n) is 3.28. The van der Waals surface area contributed by atoms with Crippen molar-refractivity contribution in [1.82, 2.24) is 0 Å². The molecule has 0 amide bonds. The van der Waals surface area contributed by atoms with Crippen LogP contribution in [0.2, 0.25) is 0 Å². The Kier molecular flexibility index (Phi) is 5.18. The monoisotopic (exact) mass is 335 g/mol. The van der Waals surface area contributed by atoms with E-state index < -0.39 is 0 Å². The maximum Gasteiger partial charge on any atom is 0.124 e. The molecule has 0 saturated heterocycles. The van der Waals surface area contributed by atoms with Gasteiger partial charge in [-0.3, -0.25) is 0 Å². The molecule has 1 N–H and O–H groups in total. The van der Waals surface area contributed by atoms with Crippen molar-refractivity contribution in [2.45, 2.75) is 32.7 Å². The van der Waals surface area contributed by atoms with Crippen LogP contribution >= 0.6 is 15.9 Å². The second-order valence-corrected chi connectivity index (χ2v) is 6.05. The summed E-state index contributed by atoms with van der Waals surface area (Å²) in [6, 6.07) is 13.6. The van der Waals surface area contributed by atoms with Crippen LogP contribution in [-0.4, -0.2) is 6.04 Å². The molecule has 0 spiro atoms. The molecule has 0 aliphatic heterocycles. The molecule has 0 fully saturated rings. The van der Waals surface area contributed by atoms with Crippen LogP contribution in [0, 0.1) is 12.7 Å². The maximum absolute atomic E-state index is 13.0. The van der Waals surface area contributed by atoms with Crippen LogP contribution in [0.3, 0.4) is 0 Å². The van der Waals surface area contributed by atoms with E-state index in [1.165, 1.54) is 23.3 Å². The second kappa shape index (κ2) is 6.89. The molecule has 3 heteroatoms. The van der Waals surface area contributed by atoms with Crippen molar-refractivity contribution in [3.05, 3.63) is 63.9 Å². The van der Waals surface area contributed by atoms with Crippen LogP contribution in [0.25, 0.3) is 0 Å². The first-order chi connectivity index (χ1) is 9.54. The smallest absolute Gasteiger partial charge is 0.124 e. The van der Waals surface area contributed by atoms with Gasteiger partial charge < -0.3 is 5.32 Å². The average molecular weight is 336 g/mol. The number of hydrogen-bond donors (Lipinski definition) is 1. The fraction of sp³-hybridized carbons (Fsp3) is 0.294. The van der Waals surface area contributed by atoms with Crippen LogP contribution in [-0.2, 0) is 6.42 Å². The Morgan fingerprint density at radius 1 is 1.20 bits per heavy atom. The Morgan fingerprint density at radius 3 is 2.70 bits per heavy atom. The number of aryl methyl sites for hydroxylation is 2. The fourth-order valence-electron chi connectivity index (χ4n) is 2.19. The molecular weight excluding hydrogens is 317 g/mol. The quantitative estimate of drug-likeness (QED) is 0.778.